The first-order chi connectivity index (χ1) is 8.22. The summed E-state index contributed by atoms with van der Waals surface area (Å²) < 4.78 is 5.56. The highest BCUT2D eigenvalue weighted by atomic mass is 16.5. The van der Waals surface area contributed by atoms with Crippen molar-refractivity contribution in [2.45, 2.75) is 26.4 Å². The summed E-state index contributed by atoms with van der Waals surface area (Å²) in [5.41, 5.74) is 6.73. The zero-order valence-electron chi connectivity index (χ0n) is 10.5. The molecule has 1 atom stereocenters. The lowest BCUT2D eigenvalue weighted by Crippen LogP contribution is -2.46. The van der Waals surface area contributed by atoms with Crippen LogP contribution in [0.5, 0.6) is 0 Å². The Hall–Kier alpha value is -1.20. The minimum absolute atomic E-state index is 0.115. The van der Waals surface area contributed by atoms with Gasteiger partial charge in [0.2, 0.25) is 0 Å². The molecule has 0 bridgehead atoms. The number of anilines is 1. The van der Waals surface area contributed by atoms with Gasteiger partial charge in [-0.25, -0.2) is 9.97 Å². The number of rotatable bonds is 3. The summed E-state index contributed by atoms with van der Waals surface area (Å²) in [6, 6.07) is 2.06. The first-order valence-electron chi connectivity index (χ1n) is 6.14. The van der Waals surface area contributed by atoms with Gasteiger partial charge in [-0.05, 0) is 13.3 Å². The largest absolute Gasteiger partial charge is 0.373 e. The third kappa shape index (κ3) is 2.92. The molecule has 1 saturated heterocycles. The quantitative estimate of drug-likeness (QED) is 0.828. The van der Waals surface area contributed by atoms with E-state index in [1.54, 1.807) is 0 Å². The van der Waals surface area contributed by atoms with Gasteiger partial charge in [0.1, 0.15) is 11.6 Å². The highest BCUT2D eigenvalue weighted by molar-refractivity contribution is 5.40. The van der Waals surface area contributed by atoms with E-state index in [-0.39, 0.29) is 6.10 Å². The second-order valence-corrected chi connectivity index (χ2v) is 4.29. The Morgan fingerprint density at radius 2 is 2.35 bits per heavy atom. The van der Waals surface area contributed by atoms with Crippen LogP contribution in [0.1, 0.15) is 18.4 Å². The molecule has 1 aliphatic rings. The van der Waals surface area contributed by atoms with E-state index in [1.165, 1.54) is 0 Å². The van der Waals surface area contributed by atoms with Gasteiger partial charge < -0.3 is 15.4 Å². The predicted molar refractivity (Wildman–Crippen MR) is 67.2 cm³/mol. The minimum Gasteiger partial charge on any atom is -0.373 e. The predicted octanol–water partition coefficient (Wildman–Crippen LogP) is 0.511. The van der Waals surface area contributed by atoms with Crippen molar-refractivity contribution in [1.29, 1.82) is 0 Å². The SMILES string of the molecule is CCc1cc(N2CCOC(CN)C2)nc(C)n1. The third-order valence-corrected chi connectivity index (χ3v) is 2.97. The van der Waals surface area contributed by atoms with Crippen LogP contribution in [0.15, 0.2) is 6.07 Å². The maximum Gasteiger partial charge on any atom is 0.132 e. The number of nitrogens with zero attached hydrogens (tertiary/aromatic N) is 3. The first kappa shape index (κ1) is 12.3. The molecule has 0 spiro atoms. The van der Waals surface area contributed by atoms with Crippen LogP contribution in [0.3, 0.4) is 0 Å². The number of ether oxygens (including phenoxy) is 1. The van der Waals surface area contributed by atoms with Crippen molar-refractivity contribution >= 4 is 5.82 Å². The van der Waals surface area contributed by atoms with E-state index in [1.807, 2.05) is 6.92 Å². The Bertz CT molecular complexity index is 383. The van der Waals surface area contributed by atoms with Crippen LogP contribution in [-0.4, -0.2) is 42.3 Å². The monoisotopic (exact) mass is 236 g/mol. The summed E-state index contributed by atoms with van der Waals surface area (Å²) in [7, 11) is 0. The fourth-order valence-corrected chi connectivity index (χ4v) is 2.03. The van der Waals surface area contributed by atoms with Gasteiger partial charge in [-0.15, -0.1) is 0 Å². The molecule has 1 unspecified atom stereocenters. The van der Waals surface area contributed by atoms with Crippen LogP contribution < -0.4 is 10.6 Å². The Morgan fingerprint density at radius 1 is 1.53 bits per heavy atom. The van der Waals surface area contributed by atoms with Crippen molar-refractivity contribution in [3.05, 3.63) is 17.6 Å². The molecule has 1 aromatic heterocycles. The molecule has 0 amide bonds. The topological polar surface area (TPSA) is 64.3 Å². The maximum absolute atomic E-state index is 5.65. The van der Waals surface area contributed by atoms with Gasteiger partial charge in [-0.1, -0.05) is 6.92 Å². The lowest BCUT2D eigenvalue weighted by atomic mass is 10.2. The summed E-state index contributed by atoms with van der Waals surface area (Å²) in [6.07, 6.45) is 1.05. The number of morpholine rings is 1. The van der Waals surface area contributed by atoms with Gasteiger partial charge in [0.05, 0.1) is 12.7 Å². The van der Waals surface area contributed by atoms with E-state index in [0.717, 1.165) is 36.8 Å². The van der Waals surface area contributed by atoms with E-state index in [9.17, 15) is 0 Å². The van der Waals surface area contributed by atoms with Crippen LogP contribution in [0, 0.1) is 6.92 Å². The van der Waals surface area contributed by atoms with E-state index in [2.05, 4.69) is 27.9 Å². The fourth-order valence-electron chi connectivity index (χ4n) is 2.03. The van der Waals surface area contributed by atoms with Crippen molar-refractivity contribution in [1.82, 2.24) is 9.97 Å². The number of hydrogen-bond donors (Lipinski definition) is 1. The smallest absolute Gasteiger partial charge is 0.132 e. The van der Waals surface area contributed by atoms with E-state index < -0.39 is 0 Å². The molecule has 0 radical (unpaired) electrons. The standard InChI is InChI=1S/C12H20N4O/c1-3-10-6-12(15-9(2)14-10)16-4-5-17-11(7-13)8-16/h6,11H,3-5,7-8,13H2,1-2H3. The van der Waals surface area contributed by atoms with Crippen LogP contribution in [0.2, 0.25) is 0 Å². The van der Waals surface area contributed by atoms with Gasteiger partial charge >= 0.3 is 0 Å². The Morgan fingerprint density at radius 3 is 3.06 bits per heavy atom. The molecule has 0 saturated carbocycles. The molecule has 2 heterocycles. The summed E-state index contributed by atoms with van der Waals surface area (Å²) in [5.74, 6) is 1.83. The second-order valence-electron chi connectivity index (χ2n) is 4.29. The van der Waals surface area contributed by atoms with Gasteiger partial charge in [0, 0.05) is 31.4 Å². The molecule has 17 heavy (non-hydrogen) atoms. The molecule has 94 valence electrons. The highest BCUT2D eigenvalue weighted by Gasteiger charge is 2.20. The Kier molecular flexibility index (Phi) is 3.91. The minimum atomic E-state index is 0.115. The maximum atomic E-state index is 5.65. The fraction of sp³-hybridized carbons (Fsp3) is 0.667. The number of aromatic nitrogens is 2. The van der Waals surface area contributed by atoms with Gasteiger partial charge in [-0.2, -0.15) is 0 Å². The van der Waals surface area contributed by atoms with Crippen molar-refractivity contribution in [2.75, 3.05) is 31.1 Å². The average Bonchev–Trinajstić information content (AvgIpc) is 2.38. The number of hydrogen-bond acceptors (Lipinski definition) is 5. The zero-order chi connectivity index (χ0) is 12.3. The Labute approximate surface area is 102 Å². The van der Waals surface area contributed by atoms with Gasteiger partial charge in [0.15, 0.2) is 0 Å². The van der Waals surface area contributed by atoms with Crippen LogP contribution in [-0.2, 0) is 11.2 Å². The molecule has 1 aromatic rings. The molecule has 1 fully saturated rings. The normalized spacial score (nSPS) is 20.6. The summed E-state index contributed by atoms with van der Waals surface area (Å²) in [5, 5.41) is 0. The number of aryl methyl sites for hydroxylation is 2. The van der Waals surface area contributed by atoms with Gasteiger partial charge in [0.25, 0.3) is 0 Å². The second kappa shape index (κ2) is 5.42. The van der Waals surface area contributed by atoms with Crippen LogP contribution in [0.25, 0.3) is 0 Å². The average molecular weight is 236 g/mol. The lowest BCUT2D eigenvalue weighted by Gasteiger charge is -2.33. The molecule has 2 rings (SSSR count). The molecule has 5 nitrogen and oxygen atoms in total. The number of nitrogens with two attached hydrogens (primary N) is 1. The molecule has 1 aliphatic heterocycles. The van der Waals surface area contributed by atoms with Gasteiger partial charge in [-0.3, -0.25) is 0 Å². The summed E-state index contributed by atoms with van der Waals surface area (Å²) in [6.45, 7) is 7.00. The summed E-state index contributed by atoms with van der Waals surface area (Å²) >= 11 is 0. The zero-order valence-corrected chi connectivity index (χ0v) is 10.5. The molecular weight excluding hydrogens is 216 g/mol. The molecular formula is C12H20N4O. The molecule has 5 heteroatoms. The van der Waals surface area contributed by atoms with Crippen LogP contribution >= 0.6 is 0 Å². The lowest BCUT2D eigenvalue weighted by molar-refractivity contribution is 0.0463. The molecule has 0 aliphatic carbocycles. The molecule has 2 N–H and O–H groups in total. The third-order valence-electron chi connectivity index (χ3n) is 2.97. The van der Waals surface area contributed by atoms with Crippen molar-refractivity contribution in [3.63, 3.8) is 0 Å². The Balaban J connectivity index is 2.18. The van der Waals surface area contributed by atoms with Crippen LogP contribution in [0.4, 0.5) is 5.82 Å². The first-order valence-corrected chi connectivity index (χ1v) is 6.14. The summed E-state index contributed by atoms with van der Waals surface area (Å²) in [4.78, 5) is 11.1. The van der Waals surface area contributed by atoms with E-state index >= 15 is 0 Å². The van der Waals surface area contributed by atoms with Crippen molar-refractivity contribution < 1.29 is 4.74 Å². The van der Waals surface area contributed by atoms with Crippen molar-refractivity contribution in [2.24, 2.45) is 5.73 Å². The molecule has 0 aromatic carbocycles. The van der Waals surface area contributed by atoms with E-state index in [4.69, 9.17) is 10.5 Å². The van der Waals surface area contributed by atoms with Crippen molar-refractivity contribution in [3.8, 4) is 0 Å². The highest BCUT2D eigenvalue weighted by Crippen LogP contribution is 2.16. The van der Waals surface area contributed by atoms with E-state index in [0.29, 0.717) is 13.2 Å².